The van der Waals surface area contributed by atoms with Crippen molar-refractivity contribution in [3.05, 3.63) is 92.8 Å². The molecule has 1 aliphatic carbocycles. The molecule has 11 heteroatoms. The Balaban J connectivity index is 1.23. The third-order valence-electron chi connectivity index (χ3n) is 7.57. The summed E-state index contributed by atoms with van der Waals surface area (Å²) in [5.74, 6) is -0.526. The Labute approximate surface area is 271 Å². The summed E-state index contributed by atoms with van der Waals surface area (Å²) in [6.45, 7) is 1.67. The molecule has 5 rings (SSSR count). The Hall–Kier alpha value is -4.28. The largest absolute Gasteiger partial charge is 0.493 e. The number of nitrogens with one attached hydrogen (secondary N) is 2. The minimum absolute atomic E-state index is 0.0972. The number of benzene rings is 3. The first kappa shape index (κ1) is 32.1. The standard InChI is InChI=1S/C34H34ClN3O6S/c1-21-11-13-26(14-12-21)36-30(39)19-38-33(41)29(45-34(38)42)18-23-16-27(35)31(28(17-23)43-2)44-20-22-7-6-8-24(15-22)32(40)37-25-9-4-3-5-10-25/h6-8,11-18,25H,3-5,9-10,19-20H2,1-2H3,(H,36,39)(H,37,40). The minimum atomic E-state index is -0.577. The number of anilines is 1. The van der Waals surface area contributed by atoms with Crippen molar-refractivity contribution >= 4 is 58.1 Å². The SMILES string of the molecule is COc1cc(C=C2SC(=O)N(CC(=O)Nc3ccc(C)cc3)C2=O)cc(Cl)c1OCc1cccc(C(=O)NC2CCCCC2)c1. The van der Waals surface area contributed by atoms with Crippen molar-refractivity contribution in [2.24, 2.45) is 0 Å². The van der Waals surface area contributed by atoms with E-state index < -0.39 is 23.6 Å². The summed E-state index contributed by atoms with van der Waals surface area (Å²) in [4.78, 5) is 52.0. The average molecular weight is 648 g/mol. The van der Waals surface area contributed by atoms with Crippen molar-refractivity contribution in [2.75, 3.05) is 19.0 Å². The molecule has 3 aromatic rings. The molecule has 1 heterocycles. The van der Waals surface area contributed by atoms with Gasteiger partial charge in [-0.3, -0.25) is 24.1 Å². The van der Waals surface area contributed by atoms with Crippen molar-refractivity contribution in [1.82, 2.24) is 10.2 Å². The quantitative estimate of drug-likeness (QED) is 0.228. The lowest BCUT2D eigenvalue weighted by molar-refractivity contribution is -0.127. The highest BCUT2D eigenvalue weighted by atomic mass is 35.5. The summed E-state index contributed by atoms with van der Waals surface area (Å²) in [6.07, 6.45) is 7.02. The van der Waals surface area contributed by atoms with Crippen LogP contribution in [0.3, 0.4) is 0 Å². The average Bonchev–Trinajstić information content (AvgIpc) is 3.29. The van der Waals surface area contributed by atoms with Crippen LogP contribution in [0.2, 0.25) is 5.02 Å². The second-order valence-electron chi connectivity index (χ2n) is 11.0. The number of hydrogen-bond donors (Lipinski definition) is 2. The highest BCUT2D eigenvalue weighted by molar-refractivity contribution is 8.18. The molecular formula is C34H34ClN3O6S. The van der Waals surface area contributed by atoms with Crippen molar-refractivity contribution in [2.45, 2.75) is 51.7 Å². The van der Waals surface area contributed by atoms with Gasteiger partial charge in [-0.25, -0.2) is 0 Å². The van der Waals surface area contributed by atoms with E-state index in [1.807, 2.05) is 31.2 Å². The molecular weight excluding hydrogens is 614 g/mol. The van der Waals surface area contributed by atoms with Crippen molar-refractivity contribution in [3.63, 3.8) is 0 Å². The molecule has 234 valence electrons. The molecule has 1 saturated carbocycles. The van der Waals surface area contributed by atoms with Crippen molar-refractivity contribution in [3.8, 4) is 11.5 Å². The smallest absolute Gasteiger partial charge is 0.294 e. The maximum atomic E-state index is 13.0. The lowest BCUT2D eigenvalue weighted by Gasteiger charge is -2.22. The molecule has 2 fully saturated rings. The number of amides is 4. The van der Waals surface area contributed by atoms with Crippen molar-refractivity contribution in [1.29, 1.82) is 0 Å². The maximum Gasteiger partial charge on any atom is 0.294 e. The summed E-state index contributed by atoms with van der Waals surface area (Å²) in [6, 6.07) is 17.9. The Kier molecular flexibility index (Phi) is 10.5. The topological polar surface area (TPSA) is 114 Å². The van der Waals surface area contributed by atoms with E-state index in [4.69, 9.17) is 21.1 Å². The Bertz CT molecular complexity index is 1640. The van der Waals surface area contributed by atoms with Crippen LogP contribution in [-0.2, 0) is 16.2 Å². The van der Waals surface area contributed by atoms with E-state index in [1.165, 1.54) is 19.6 Å². The van der Waals surface area contributed by atoms with Gasteiger partial charge < -0.3 is 20.1 Å². The van der Waals surface area contributed by atoms with E-state index in [2.05, 4.69) is 10.6 Å². The number of carbonyl (C=O) groups is 4. The highest BCUT2D eigenvalue weighted by Crippen LogP contribution is 2.39. The zero-order valence-corrected chi connectivity index (χ0v) is 26.6. The molecule has 1 aliphatic heterocycles. The number of carbonyl (C=O) groups excluding carboxylic acids is 4. The van der Waals surface area contributed by atoms with Gasteiger partial charge in [0.15, 0.2) is 11.5 Å². The number of rotatable bonds is 10. The molecule has 1 saturated heterocycles. The normalized spacial score (nSPS) is 16.2. The van der Waals surface area contributed by atoms with Gasteiger partial charge in [-0.05, 0) is 85.1 Å². The van der Waals surface area contributed by atoms with Crippen LogP contribution in [0.4, 0.5) is 10.5 Å². The van der Waals surface area contributed by atoms with Crippen LogP contribution in [0.25, 0.3) is 6.08 Å². The van der Waals surface area contributed by atoms with Crippen LogP contribution in [0.5, 0.6) is 11.5 Å². The molecule has 45 heavy (non-hydrogen) atoms. The van der Waals surface area contributed by atoms with E-state index in [9.17, 15) is 19.2 Å². The van der Waals surface area contributed by atoms with E-state index in [1.54, 1.807) is 36.4 Å². The third-order valence-corrected chi connectivity index (χ3v) is 8.76. The fourth-order valence-electron chi connectivity index (χ4n) is 5.21. The van der Waals surface area contributed by atoms with E-state index in [0.29, 0.717) is 28.3 Å². The second kappa shape index (κ2) is 14.7. The summed E-state index contributed by atoms with van der Waals surface area (Å²) in [5.41, 5.74) is 3.48. The summed E-state index contributed by atoms with van der Waals surface area (Å²) < 4.78 is 11.5. The van der Waals surface area contributed by atoms with Gasteiger partial charge >= 0.3 is 0 Å². The number of imide groups is 1. The van der Waals surface area contributed by atoms with Gasteiger partial charge in [-0.2, -0.15) is 0 Å². The molecule has 2 N–H and O–H groups in total. The summed E-state index contributed by atoms with van der Waals surface area (Å²) in [7, 11) is 1.47. The van der Waals surface area contributed by atoms with Gasteiger partial charge in [0.2, 0.25) is 5.91 Å². The molecule has 0 atom stereocenters. The molecule has 0 spiro atoms. The molecule has 9 nitrogen and oxygen atoms in total. The van der Waals surface area contributed by atoms with Gasteiger partial charge in [0.1, 0.15) is 13.2 Å². The molecule has 0 bridgehead atoms. The number of aryl methyl sites for hydroxylation is 1. The Morgan fingerprint density at radius 2 is 1.80 bits per heavy atom. The molecule has 4 amide bonds. The molecule has 0 unspecified atom stereocenters. The number of thioether (sulfide) groups is 1. The number of hydrogen-bond acceptors (Lipinski definition) is 7. The van der Waals surface area contributed by atoms with Crippen LogP contribution in [0, 0.1) is 6.92 Å². The first-order chi connectivity index (χ1) is 21.7. The zero-order chi connectivity index (χ0) is 31.9. The molecule has 0 aromatic heterocycles. The molecule has 0 radical (unpaired) electrons. The monoisotopic (exact) mass is 647 g/mol. The molecule has 2 aliphatic rings. The van der Waals surface area contributed by atoms with Crippen molar-refractivity contribution < 1.29 is 28.7 Å². The number of nitrogens with zero attached hydrogens (tertiary/aromatic N) is 1. The predicted octanol–water partition coefficient (Wildman–Crippen LogP) is 6.97. The van der Waals surface area contributed by atoms with E-state index in [0.717, 1.165) is 53.5 Å². The lowest BCUT2D eigenvalue weighted by Crippen LogP contribution is -2.36. The van der Waals surface area contributed by atoms with Gasteiger partial charge in [0, 0.05) is 17.3 Å². The number of halogens is 1. The zero-order valence-electron chi connectivity index (χ0n) is 25.1. The fraction of sp³-hybridized carbons (Fsp3) is 0.294. The van der Waals surface area contributed by atoms with Crippen LogP contribution in [0.1, 0.15) is 59.2 Å². The maximum absolute atomic E-state index is 13.0. The van der Waals surface area contributed by atoms with Gasteiger partial charge in [-0.15, -0.1) is 0 Å². The highest BCUT2D eigenvalue weighted by Gasteiger charge is 2.36. The Morgan fingerprint density at radius 1 is 1.04 bits per heavy atom. The Morgan fingerprint density at radius 3 is 2.53 bits per heavy atom. The molecule has 3 aromatic carbocycles. The van der Waals surface area contributed by atoms with Gasteiger partial charge in [0.25, 0.3) is 17.1 Å². The lowest BCUT2D eigenvalue weighted by atomic mass is 9.95. The number of methoxy groups -OCH3 is 1. The van der Waals surface area contributed by atoms with Crippen LogP contribution in [0.15, 0.2) is 65.6 Å². The predicted molar refractivity (Wildman–Crippen MR) is 176 cm³/mol. The van der Waals surface area contributed by atoms with Gasteiger partial charge in [0.05, 0.1) is 17.0 Å². The minimum Gasteiger partial charge on any atom is -0.493 e. The van der Waals surface area contributed by atoms with E-state index >= 15 is 0 Å². The number of ether oxygens (including phenoxy) is 2. The van der Waals surface area contributed by atoms with Crippen LogP contribution < -0.4 is 20.1 Å². The summed E-state index contributed by atoms with van der Waals surface area (Å²) in [5, 5.41) is 5.53. The first-order valence-electron chi connectivity index (χ1n) is 14.7. The second-order valence-corrected chi connectivity index (χ2v) is 12.4. The van der Waals surface area contributed by atoms with Crippen LogP contribution in [-0.4, -0.2) is 47.6 Å². The van der Waals surface area contributed by atoms with Gasteiger partial charge in [-0.1, -0.05) is 60.7 Å². The summed E-state index contributed by atoms with van der Waals surface area (Å²) >= 11 is 7.33. The fourth-order valence-corrected chi connectivity index (χ4v) is 6.32. The first-order valence-corrected chi connectivity index (χ1v) is 15.9. The van der Waals surface area contributed by atoms with E-state index in [-0.39, 0.29) is 28.5 Å². The van der Waals surface area contributed by atoms with Crippen LogP contribution >= 0.6 is 23.4 Å². The third kappa shape index (κ3) is 8.26.